The van der Waals surface area contributed by atoms with Gasteiger partial charge < -0.3 is 10.5 Å². The van der Waals surface area contributed by atoms with Crippen LogP contribution in [0.4, 0.5) is 0 Å². The number of hydrogen-bond donors (Lipinski definition) is 1. The maximum absolute atomic E-state index is 5.87. The predicted molar refractivity (Wildman–Crippen MR) is 64.6 cm³/mol. The molecule has 0 fully saturated rings. The van der Waals surface area contributed by atoms with Gasteiger partial charge in [0.25, 0.3) is 0 Å². The van der Waals surface area contributed by atoms with E-state index in [1.165, 1.54) is 0 Å². The maximum atomic E-state index is 5.87. The van der Waals surface area contributed by atoms with E-state index in [2.05, 4.69) is 6.92 Å². The Labute approximate surface area is 96.4 Å². The molecular weight excluding hydrogens is 210 g/mol. The van der Waals surface area contributed by atoms with Gasteiger partial charge in [0.2, 0.25) is 0 Å². The van der Waals surface area contributed by atoms with Gasteiger partial charge >= 0.3 is 0 Å². The molecule has 2 nitrogen and oxygen atoms in total. The summed E-state index contributed by atoms with van der Waals surface area (Å²) in [7, 11) is 0. The average molecular weight is 228 g/mol. The number of hydrogen-bond acceptors (Lipinski definition) is 2. The van der Waals surface area contributed by atoms with Crippen molar-refractivity contribution < 1.29 is 4.74 Å². The minimum absolute atomic E-state index is 0.106. The zero-order valence-corrected chi connectivity index (χ0v) is 10.1. The summed E-state index contributed by atoms with van der Waals surface area (Å²) in [6, 6.07) is 5.63. The molecule has 0 amide bonds. The topological polar surface area (TPSA) is 35.2 Å². The standard InChI is InChI=1S/C12H18ClNO/c1-3-4-11(8-14)15-12-6-5-10(13)7-9(12)2/h5-7,11H,3-4,8,14H2,1-2H3. The molecule has 0 saturated heterocycles. The Hall–Kier alpha value is -0.730. The summed E-state index contributed by atoms with van der Waals surface area (Å²) in [6.07, 6.45) is 2.17. The predicted octanol–water partition coefficient (Wildman–Crippen LogP) is 3.15. The fourth-order valence-electron chi connectivity index (χ4n) is 1.47. The SMILES string of the molecule is CCCC(CN)Oc1ccc(Cl)cc1C. The van der Waals surface area contributed by atoms with Crippen LogP contribution in [-0.4, -0.2) is 12.6 Å². The highest BCUT2D eigenvalue weighted by atomic mass is 35.5. The Morgan fingerprint density at radius 3 is 2.73 bits per heavy atom. The molecule has 0 bridgehead atoms. The lowest BCUT2D eigenvalue weighted by Crippen LogP contribution is -2.26. The monoisotopic (exact) mass is 227 g/mol. The molecule has 0 aliphatic carbocycles. The quantitative estimate of drug-likeness (QED) is 0.839. The van der Waals surface area contributed by atoms with Crippen molar-refractivity contribution >= 4 is 11.6 Å². The van der Waals surface area contributed by atoms with Crippen molar-refractivity contribution in [2.24, 2.45) is 5.73 Å². The van der Waals surface area contributed by atoms with Crippen molar-refractivity contribution in [2.45, 2.75) is 32.8 Å². The third kappa shape index (κ3) is 3.73. The highest BCUT2D eigenvalue weighted by Crippen LogP contribution is 2.23. The van der Waals surface area contributed by atoms with Crippen LogP contribution in [0.5, 0.6) is 5.75 Å². The summed E-state index contributed by atoms with van der Waals surface area (Å²) in [4.78, 5) is 0. The van der Waals surface area contributed by atoms with Crippen LogP contribution in [-0.2, 0) is 0 Å². The zero-order valence-electron chi connectivity index (χ0n) is 9.29. The van der Waals surface area contributed by atoms with E-state index in [1.54, 1.807) is 0 Å². The van der Waals surface area contributed by atoms with Crippen molar-refractivity contribution in [1.82, 2.24) is 0 Å². The second-order valence-electron chi connectivity index (χ2n) is 3.67. The summed E-state index contributed by atoms with van der Waals surface area (Å²) in [6.45, 7) is 4.66. The molecule has 84 valence electrons. The molecule has 0 radical (unpaired) electrons. The third-order valence-electron chi connectivity index (χ3n) is 2.30. The molecule has 1 aromatic carbocycles. The summed E-state index contributed by atoms with van der Waals surface area (Å²) in [5.41, 5.74) is 6.69. The van der Waals surface area contributed by atoms with Crippen LogP contribution in [0.25, 0.3) is 0 Å². The normalized spacial score (nSPS) is 12.5. The number of benzene rings is 1. The van der Waals surface area contributed by atoms with Crippen LogP contribution in [0, 0.1) is 6.92 Å². The first-order valence-corrected chi connectivity index (χ1v) is 5.68. The van der Waals surface area contributed by atoms with Gasteiger partial charge in [-0.25, -0.2) is 0 Å². The first kappa shape index (κ1) is 12.3. The molecule has 1 atom stereocenters. The van der Waals surface area contributed by atoms with E-state index in [0.717, 1.165) is 29.2 Å². The highest BCUT2D eigenvalue weighted by Gasteiger charge is 2.08. The summed E-state index contributed by atoms with van der Waals surface area (Å²) < 4.78 is 5.81. The molecule has 3 heteroatoms. The number of halogens is 1. The fourth-order valence-corrected chi connectivity index (χ4v) is 1.70. The second-order valence-corrected chi connectivity index (χ2v) is 4.11. The Kier molecular flexibility index (Phi) is 4.92. The zero-order chi connectivity index (χ0) is 11.3. The van der Waals surface area contributed by atoms with E-state index in [-0.39, 0.29) is 6.10 Å². The van der Waals surface area contributed by atoms with Gasteiger partial charge in [0.05, 0.1) is 0 Å². The molecule has 1 aromatic rings. The van der Waals surface area contributed by atoms with Gasteiger partial charge in [-0.1, -0.05) is 24.9 Å². The Morgan fingerprint density at radius 1 is 1.47 bits per heavy atom. The first-order chi connectivity index (χ1) is 7.17. The molecule has 0 heterocycles. The van der Waals surface area contributed by atoms with Crippen LogP contribution in [0.1, 0.15) is 25.3 Å². The van der Waals surface area contributed by atoms with E-state index in [1.807, 2.05) is 25.1 Å². The largest absolute Gasteiger partial charge is 0.489 e. The number of ether oxygens (including phenoxy) is 1. The lowest BCUT2D eigenvalue weighted by molar-refractivity contribution is 0.197. The molecule has 0 aliphatic rings. The smallest absolute Gasteiger partial charge is 0.122 e. The van der Waals surface area contributed by atoms with E-state index in [9.17, 15) is 0 Å². The van der Waals surface area contributed by atoms with Gasteiger partial charge in [-0.3, -0.25) is 0 Å². The van der Waals surface area contributed by atoms with Crippen molar-refractivity contribution in [1.29, 1.82) is 0 Å². The lowest BCUT2D eigenvalue weighted by atomic mass is 10.2. The maximum Gasteiger partial charge on any atom is 0.122 e. The molecule has 0 saturated carbocycles. The van der Waals surface area contributed by atoms with E-state index < -0.39 is 0 Å². The van der Waals surface area contributed by atoms with Gasteiger partial charge in [-0.2, -0.15) is 0 Å². The van der Waals surface area contributed by atoms with Gasteiger partial charge in [-0.15, -0.1) is 0 Å². The molecule has 0 aromatic heterocycles. The summed E-state index contributed by atoms with van der Waals surface area (Å²) in [5.74, 6) is 0.878. The molecule has 1 unspecified atom stereocenters. The van der Waals surface area contributed by atoms with Gasteiger partial charge in [0.1, 0.15) is 11.9 Å². The van der Waals surface area contributed by atoms with Crippen LogP contribution >= 0.6 is 11.6 Å². The molecule has 0 aliphatic heterocycles. The average Bonchev–Trinajstić information content (AvgIpc) is 2.21. The van der Waals surface area contributed by atoms with Crippen LogP contribution < -0.4 is 10.5 Å². The molecule has 2 N–H and O–H groups in total. The van der Waals surface area contributed by atoms with Crippen molar-refractivity contribution in [3.05, 3.63) is 28.8 Å². The first-order valence-electron chi connectivity index (χ1n) is 5.30. The number of aryl methyl sites for hydroxylation is 1. The van der Waals surface area contributed by atoms with Crippen LogP contribution in [0.15, 0.2) is 18.2 Å². The Balaban J connectivity index is 2.70. The van der Waals surface area contributed by atoms with E-state index in [4.69, 9.17) is 22.1 Å². The number of rotatable bonds is 5. The fraction of sp³-hybridized carbons (Fsp3) is 0.500. The van der Waals surface area contributed by atoms with Crippen molar-refractivity contribution in [3.63, 3.8) is 0 Å². The summed E-state index contributed by atoms with van der Waals surface area (Å²) in [5, 5.41) is 0.736. The van der Waals surface area contributed by atoms with Gasteiger partial charge in [-0.05, 0) is 37.1 Å². The Bertz CT molecular complexity index is 314. The van der Waals surface area contributed by atoms with E-state index >= 15 is 0 Å². The molecule has 1 rings (SSSR count). The minimum Gasteiger partial charge on any atom is -0.489 e. The lowest BCUT2D eigenvalue weighted by Gasteiger charge is -2.18. The number of nitrogens with two attached hydrogens (primary N) is 1. The van der Waals surface area contributed by atoms with Gasteiger partial charge in [0.15, 0.2) is 0 Å². The third-order valence-corrected chi connectivity index (χ3v) is 2.54. The van der Waals surface area contributed by atoms with Gasteiger partial charge in [0, 0.05) is 11.6 Å². The highest BCUT2D eigenvalue weighted by molar-refractivity contribution is 6.30. The van der Waals surface area contributed by atoms with Crippen LogP contribution in [0.3, 0.4) is 0 Å². The van der Waals surface area contributed by atoms with Crippen molar-refractivity contribution in [3.8, 4) is 5.75 Å². The van der Waals surface area contributed by atoms with Crippen LogP contribution in [0.2, 0.25) is 5.02 Å². The summed E-state index contributed by atoms with van der Waals surface area (Å²) >= 11 is 5.87. The minimum atomic E-state index is 0.106. The Morgan fingerprint density at radius 2 is 2.20 bits per heavy atom. The van der Waals surface area contributed by atoms with Crippen molar-refractivity contribution in [2.75, 3.05) is 6.54 Å². The molecule has 15 heavy (non-hydrogen) atoms. The second kappa shape index (κ2) is 5.99. The van der Waals surface area contributed by atoms with E-state index in [0.29, 0.717) is 6.54 Å². The molecular formula is C12H18ClNO. The molecule has 0 spiro atoms.